The van der Waals surface area contributed by atoms with Gasteiger partial charge in [-0.1, -0.05) is 24.6 Å². The monoisotopic (exact) mass is 366 g/mol. The fourth-order valence-corrected chi connectivity index (χ4v) is 3.62. The molecular weight excluding hydrogens is 336 g/mol. The van der Waals surface area contributed by atoms with Crippen LogP contribution in [0.15, 0.2) is 9.95 Å². The normalized spacial score (nSPS) is 15.8. The lowest BCUT2D eigenvalue weighted by atomic mass is 10.1. The molecule has 0 radical (unpaired) electrons. The average molecular weight is 367 g/mol. The molecule has 1 saturated heterocycles. The van der Waals surface area contributed by atoms with Crippen molar-refractivity contribution in [3.8, 4) is 0 Å². The van der Waals surface area contributed by atoms with Crippen LogP contribution in [0.2, 0.25) is 0 Å². The Morgan fingerprint density at radius 1 is 1.28 bits per heavy atom. The van der Waals surface area contributed by atoms with E-state index in [4.69, 9.17) is 0 Å². The van der Waals surface area contributed by atoms with Crippen molar-refractivity contribution >= 4 is 17.7 Å². The summed E-state index contributed by atoms with van der Waals surface area (Å²) in [5.41, 5.74) is 1.19. The van der Waals surface area contributed by atoms with E-state index >= 15 is 0 Å². The molecular formula is C18H30N4O2S. The Morgan fingerprint density at radius 2 is 2.00 bits per heavy atom. The van der Waals surface area contributed by atoms with E-state index in [-0.39, 0.29) is 11.5 Å². The summed E-state index contributed by atoms with van der Waals surface area (Å²) < 4.78 is 0. The average Bonchev–Trinajstić information content (AvgIpc) is 2.86. The predicted octanol–water partition coefficient (Wildman–Crippen LogP) is 2.12. The molecule has 0 spiro atoms. The molecule has 1 aromatic heterocycles. The van der Waals surface area contributed by atoms with Gasteiger partial charge in [-0.2, -0.15) is 0 Å². The third-order valence-electron chi connectivity index (χ3n) is 4.67. The van der Waals surface area contributed by atoms with E-state index in [2.05, 4.69) is 20.2 Å². The van der Waals surface area contributed by atoms with Crippen molar-refractivity contribution in [2.24, 2.45) is 0 Å². The Kier molecular flexibility index (Phi) is 8.48. The first-order chi connectivity index (χ1) is 12.1. The van der Waals surface area contributed by atoms with Crippen molar-refractivity contribution in [3.63, 3.8) is 0 Å². The van der Waals surface area contributed by atoms with Crippen molar-refractivity contribution in [1.29, 1.82) is 0 Å². The van der Waals surface area contributed by atoms with Crippen molar-refractivity contribution in [1.82, 2.24) is 20.2 Å². The minimum Gasteiger partial charge on any atom is -0.356 e. The van der Waals surface area contributed by atoms with E-state index in [9.17, 15) is 9.59 Å². The Balaban J connectivity index is 1.68. The second-order valence-electron chi connectivity index (χ2n) is 6.60. The zero-order valence-corrected chi connectivity index (χ0v) is 16.2. The zero-order valence-electron chi connectivity index (χ0n) is 15.4. The number of likely N-dealkylation sites (tertiary alicyclic amines) is 1. The molecule has 1 fully saturated rings. The number of hydrogen-bond acceptors (Lipinski definition) is 5. The van der Waals surface area contributed by atoms with Crippen LogP contribution in [0.1, 0.15) is 49.8 Å². The van der Waals surface area contributed by atoms with Crippen LogP contribution in [-0.2, 0) is 11.2 Å². The molecule has 2 heterocycles. The molecule has 0 saturated carbocycles. The first-order valence-corrected chi connectivity index (χ1v) is 10.5. The minimum absolute atomic E-state index is 0.00334. The number of amides is 1. The fraction of sp³-hybridized carbons (Fsp3) is 0.722. The number of nitrogens with zero attached hydrogens (tertiary/aromatic N) is 2. The molecule has 0 aromatic carbocycles. The molecule has 7 heteroatoms. The highest BCUT2D eigenvalue weighted by Gasteiger charge is 2.11. The lowest BCUT2D eigenvalue weighted by Crippen LogP contribution is -2.31. The van der Waals surface area contributed by atoms with Gasteiger partial charge >= 0.3 is 0 Å². The first-order valence-electron chi connectivity index (χ1n) is 9.23. The van der Waals surface area contributed by atoms with Crippen LogP contribution < -0.4 is 10.9 Å². The van der Waals surface area contributed by atoms with E-state index in [0.29, 0.717) is 35.8 Å². The Bertz CT molecular complexity index is 610. The van der Waals surface area contributed by atoms with E-state index in [1.54, 1.807) is 0 Å². The highest BCUT2D eigenvalue weighted by Crippen LogP contribution is 2.10. The second-order valence-corrected chi connectivity index (χ2v) is 7.39. The lowest BCUT2D eigenvalue weighted by Gasteiger charge is -2.19. The Labute approximate surface area is 154 Å². The first kappa shape index (κ1) is 20.0. The standard InChI is InChI=1S/C18H30N4O2S/c1-14-15(17(24)21-18(20-14)25-2)8-9-16(23)19-10-7-13-22-11-5-3-4-6-12-22/h3-13H2,1-2H3,(H,19,23)(H,20,21,24). The van der Waals surface area contributed by atoms with Crippen molar-refractivity contribution in [2.45, 2.75) is 57.0 Å². The van der Waals surface area contributed by atoms with Gasteiger partial charge in [0, 0.05) is 24.2 Å². The van der Waals surface area contributed by atoms with Crippen LogP contribution in [0.3, 0.4) is 0 Å². The molecule has 25 heavy (non-hydrogen) atoms. The maximum absolute atomic E-state index is 12.0. The van der Waals surface area contributed by atoms with Gasteiger partial charge in [0.05, 0.1) is 0 Å². The van der Waals surface area contributed by atoms with Gasteiger partial charge in [-0.15, -0.1) is 0 Å². The smallest absolute Gasteiger partial charge is 0.254 e. The van der Waals surface area contributed by atoms with Crippen LogP contribution >= 0.6 is 11.8 Å². The van der Waals surface area contributed by atoms with Gasteiger partial charge < -0.3 is 15.2 Å². The Morgan fingerprint density at radius 3 is 2.64 bits per heavy atom. The van der Waals surface area contributed by atoms with Gasteiger partial charge in [-0.25, -0.2) is 4.98 Å². The second kappa shape index (κ2) is 10.6. The predicted molar refractivity (Wildman–Crippen MR) is 102 cm³/mol. The molecule has 1 aliphatic rings. The molecule has 0 bridgehead atoms. The number of carbonyl (C=O) groups is 1. The van der Waals surface area contributed by atoms with Crippen molar-refractivity contribution in [2.75, 3.05) is 32.4 Å². The van der Waals surface area contributed by atoms with Gasteiger partial charge in [0.15, 0.2) is 5.16 Å². The summed E-state index contributed by atoms with van der Waals surface area (Å²) in [7, 11) is 0. The molecule has 140 valence electrons. The Hall–Kier alpha value is -1.34. The number of H-pyrrole nitrogens is 1. The molecule has 1 aliphatic heterocycles. The summed E-state index contributed by atoms with van der Waals surface area (Å²) in [6, 6.07) is 0. The summed E-state index contributed by atoms with van der Waals surface area (Å²) in [5.74, 6) is 0.00334. The third kappa shape index (κ3) is 6.82. The molecule has 1 aromatic rings. The summed E-state index contributed by atoms with van der Waals surface area (Å²) in [6.45, 7) is 5.96. The third-order valence-corrected chi connectivity index (χ3v) is 5.25. The van der Waals surface area contributed by atoms with E-state index in [1.165, 1.54) is 50.5 Å². The van der Waals surface area contributed by atoms with Gasteiger partial charge in [0.25, 0.3) is 5.56 Å². The largest absolute Gasteiger partial charge is 0.356 e. The number of thioether (sulfide) groups is 1. The summed E-state index contributed by atoms with van der Waals surface area (Å²) in [6.07, 6.45) is 8.89. The van der Waals surface area contributed by atoms with E-state index in [0.717, 1.165) is 13.0 Å². The number of aromatic nitrogens is 2. The number of nitrogens with one attached hydrogen (secondary N) is 2. The van der Waals surface area contributed by atoms with Gasteiger partial charge in [0.1, 0.15) is 0 Å². The van der Waals surface area contributed by atoms with Crippen molar-refractivity contribution in [3.05, 3.63) is 21.6 Å². The van der Waals surface area contributed by atoms with Crippen LogP contribution in [0.5, 0.6) is 0 Å². The topological polar surface area (TPSA) is 78.1 Å². The van der Waals surface area contributed by atoms with Gasteiger partial charge in [0.2, 0.25) is 5.91 Å². The molecule has 0 aliphatic carbocycles. The van der Waals surface area contributed by atoms with Gasteiger partial charge in [-0.3, -0.25) is 9.59 Å². The van der Waals surface area contributed by atoms with Crippen LogP contribution in [0, 0.1) is 6.92 Å². The zero-order chi connectivity index (χ0) is 18.1. The lowest BCUT2D eigenvalue weighted by molar-refractivity contribution is -0.121. The number of aromatic amines is 1. The maximum atomic E-state index is 12.0. The fourth-order valence-electron chi connectivity index (χ4n) is 3.19. The highest BCUT2D eigenvalue weighted by atomic mass is 32.2. The summed E-state index contributed by atoms with van der Waals surface area (Å²) in [4.78, 5) is 33.6. The maximum Gasteiger partial charge on any atom is 0.254 e. The number of aryl methyl sites for hydroxylation is 1. The summed E-state index contributed by atoms with van der Waals surface area (Å²) in [5, 5.41) is 3.58. The van der Waals surface area contributed by atoms with E-state index in [1.807, 2.05) is 13.2 Å². The highest BCUT2D eigenvalue weighted by molar-refractivity contribution is 7.98. The van der Waals surface area contributed by atoms with Gasteiger partial charge in [-0.05, 0) is 58.5 Å². The SMILES string of the molecule is CSc1nc(C)c(CCC(=O)NCCCN2CCCCCC2)c(=O)[nH]1. The number of hydrogen-bond donors (Lipinski definition) is 2. The molecule has 6 nitrogen and oxygen atoms in total. The molecule has 1 amide bonds. The van der Waals surface area contributed by atoms with Crippen LogP contribution in [-0.4, -0.2) is 53.2 Å². The number of carbonyl (C=O) groups excluding carboxylic acids is 1. The van der Waals surface area contributed by atoms with Crippen LogP contribution in [0.4, 0.5) is 0 Å². The van der Waals surface area contributed by atoms with E-state index < -0.39 is 0 Å². The van der Waals surface area contributed by atoms with Crippen molar-refractivity contribution < 1.29 is 4.79 Å². The minimum atomic E-state index is -0.134. The number of rotatable bonds is 8. The molecule has 0 unspecified atom stereocenters. The molecule has 2 N–H and O–H groups in total. The molecule has 2 rings (SSSR count). The quantitative estimate of drug-likeness (QED) is 0.419. The summed E-state index contributed by atoms with van der Waals surface area (Å²) >= 11 is 1.41. The van der Waals surface area contributed by atoms with Crippen LogP contribution in [0.25, 0.3) is 0 Å². The molecule has 0 atom stereocenters.